The summed E-state index contributed by atoms with van der Waals surface area (Å²) in [5, 5.41) is 0. The van der Waals surface area contributed by atoms with Gasteiger partial charge in [-0.3, -0.25) is 24.0 Å². The minimum absolute atomic E-state index is 0.0894. The van der Waals surface area contributed by atoms with Gasteiger partial charge in [0.1, 0.15) is 5.82 Å². The molecule has 3 N–H and O–H groups in total. The Labute approximate surface area is 193 Å². The smallest absolute Gasteiger partial charge is 0.330 e. The highest BCUT2D eigenvalue weighted by molar-refractivity contribution is 9.10. The fourth-order valence-corrected chi connectivity index (χ4v) is 3.56. The number of aromatic amines is 1. The number of carbonyl (C=O) groups is 1. The summed E-state index contributed by atoms with van der Waals surface area (Å²) in [4.78, 5) is 41.7. The number of halogens is 1. The number of ether oxygens (including phenoxy) is 1. The van der Waals surface area contributed by atoms with Crippen LogP contribution in [0, 0.1) is 0 Å². The summed E-state index contributed by atoms with van der Waals surface area (Å²) in [5.41, 5.74) is 6.32. The van der Waals surface area contributed by atoms with Crippen LogP contribution in [0.2, 0.25) is 0 Å². The molecule has 9 heteroatoms. The predicted octanol–water partition coefficient (Wildman–Crippen LogP) is 2.77. The fourth-order valence-electron chi connectivity index (χ4n) is 3.14. The van der Waals surface area contributed by atoms with Gasteiger partial charge in [0.15, 0.2) is 5.69 Å². The van der Waals surface area contributed by atoms with Crippen LogP contribution >= 0.6 is 15.9 Å². The summed E-state index contributed by atoms with van der Waals surface area (Å²) in [6.45, 7) is 0.440. The number of carbonyl (C=O) groups excluding carboxylic acids is 1. The molecular weight excluding hydrogens is 476 g/mol. The molecule has 3 aromatic rings. The van der Waals surface area contributed by atoms with Crippen LogP contribution in [0.25, 0.3) is 6.08 Å². The van der Waals surface area contributed by atoms with Crippen molar-refractivity contribution in [2.45, 2.75) is 13.1 Å². The van der Waals surface area contributed by atoms with Crippen molar-refractivity contribution in [1.82, 2.24) is 9.55 Å². The molecule has 166 valence electrons. The number of methoxy groups -OCH3 is 1. The van der Waals surface area contributed by atoms with Crippen LogP contribution in [0.15, 0.2) is 74.7 Å². The van der Waals surface area contributed by atoms with E-state index in [0.29, 0.717) is 0 Å². The maximum absolute atomic E-state index is 13.2. The number of hydrogen-bond acceptors (Lipinski definition) is 5. The van der Waals surface area contributed by atoms with Crippen LogP contribution in [-0.4, -0.2) is 29.2 Å². The zero-order chi connectivity index (χ0) is 23.1. The Morgan fingerprint density at radius 1 is 1.19 bits per heavy atom. The van der Waals surface area contributed by atoms with Crippen molar-refractivity contribution in [1.29, 1.82) is 0 Å². The largest absolute Gasteiger partial charge is 0.383 e. The van der Waals surface area contributed by atoms with E-state index in [9.17, 15) is 14.4 Å². The van der Waals surface area contributed by atoms with Gasteiger partial charge in [-0.25, -0.2) is 4.79 Å². The Kier molecular flexibility index (Phi) is 7.80. The van der Waals surface area contributed by atoms with Crippen LogP contribution in [-0.2, 0) is 22.6 Å². The highest BCUT2D eigenvalue weighted by Crippen LogP contribution is 2.21. The summed E-state index contributed by atoms with van der Waals surface area (Å²) in [7, 11) is 1.49. The van der Waals surface area contributed by atoms with E-state index in [0.717, 1.165) is 15.6 Å². The van der Waals surface area contributed by atoms with Gasteiger partial charge in [0.25, 0.3) is 11.5 Å². The number of anilines is 2. The first-order chi connectivity index (χ1) is 15.4. The van der Waals surface area contributed by atoms with Gasteiger partial charge in [-0.15, -0.1) is 0 Å². The number of nitrogens with one attached hydrogen (secondary N) is 1. The Hall–Kier alpha value is -3.43. The lowest BCUT2D eigenvalue weighted by Crippen LogP contribution is -2.40. The summed E-state index contributed by atoms with van der Waals surface area (Å²) in [6, 6.07) is 16.6. The number of H-pyrrole nitrogens is 1. The van der Waals surface area contributed by atoms with E-state index in [-0.39, 0.29) is 31.2 Å². The van der Waals surface area contributed by atoms with Crippen molar-refractivity contribution < 1.29 is 9.53 Å². The zero-order valence-corrected chi connectivity index (χ0v) is 19.0. The van der Waals surface area contributed by atoms with Crippen LogP contribution in [0.5, 0.6) is 0 Å². The van der Waals surface area contributed by atoms with Crippen LogP contribution in [0.3, 0.4) is 0 Å². The molecule has 2 aromatic carbocycles. The average molecular weight is 499 g/mol. The van der Waals surface area contributed by atoms with Crippen molar-refractivity contribution >= 4 is 39.4 Å². The topological polar surface area (TPSA) is 110 Å². The maximum Gasteiger partial charge on any atom is 0.330 e. The molecule has 0 aliphatic carbocycles. The van der Waals surface area contributed by atoms with Gasteiger partial charge in [0.05, 0.1) is 19.7 Å². The fraction of sp³-hybridized carbons (Fsp3) is 0.174. The van der Waals surface area contributed by atoms with E-state index in [1.165, 1.54) is 22.7 Å². The molecular formula is C23H23BrN4O4. The van der Waals surface area contributed by atoms with E-state index >= 15 is 0 Å². The second-order valence-corrected chi connectivity index (χ2v) is 7.85. The number of amides is 1. The highest BCUT2D eigenvalue weighted by atomic mass is 79.9. The van der Waals surface area contributed by atoms with Crippen LogP contribution < -0.4 is 21.9 Å². The summed E-state index contributed by atoms with van der Waals surface area (Å²) < 4.78 is 7.08. The predicted molar refractivity (Wildman–Crippen MR) is 128 cm³/mol. The first-order valence-corrected chi connectivity index (χ1v) is 10.6. The Morgan fingerprint density at radius 3 is 2.62 bits per heavy atom. The Morgan fingerprint density at radius 2 is 1.94 bits per heavy atom. The molecule has 0 spiro atoms. The normalized spacial score (nSPS) is 11.1. The number of aromatic nitrogens is 2. The number of nitrogens with two attached hydrogens (primary N) is 1. The van der Waals surface area contributed by atoms with Gasteiger partial charge in [-0.2, -0.15) is 0 Å². The molecule has 0 unspecified atom stereocenters. The average Bonchev–Trinajstić information content (AvgIpc) is 2.77. The molecule has 1 aromatic heterocycles. The third-order valence-electron chi connectivity index (χ3n) is 4.72. The number of nitrogen functional groups attached to an aromatic ring is 1. The van der Waals surface area contributed by atoms with E-state index < -0.39 is 17.2 Å². The molecule has 0 bridgehead atoms. The lowest BCUT2D eigenvalue weighted by atomic mass is 10.2. The van der Waals surface area contributed by atoms with E-state index in [4.69, 9.17) is 10.5 Å². The lowest BCUT2D eigenvalue weighted by molar-refractivity contribution is -0.114. The Balaban J connectivity index is 2.06. The molecule has 0 fully saturated rings. The summed E-state index contributed by atoms with van der Waals surface area (Å²) >= 11 is 3.40. The second-order valence-electron chi connectivity index (χ2n) is 6.94. The minimum Gasteiger partial charge on any atom is -0.383 e. The van der Waals surface area contributed by atoms with Crippen molar-refractivity contribution in [3.05, 3.63) is 97.1 Å². The number of nitrogens with zero attached hydrogens (tertiary/aromatic N) is 2. The third kappa shape index (κ3) is 5.63. The minimum atomic E-state index is -0.735. The third-order valence-corrected chi connectivity index (χ3v) is 5.21. The number of benzene rings is 2. The van der Waals surface area contributed by atoms with E-state index in [2.05, 4.69) is 20.9 Å². The number of hydrogen-bond donors (Lipinski definition) is 2. The van der Waals surface area contributed by atoms with Gasteiger partial charge < -0.3 is 10.5 Å². The molecule has 0 radical (unpaired) electrons. The highest BCUT2D eigenvalue weighted by Gasteiger charge is 2.23. The summed E-state index contributed by atoms with van der Waals surface area (Å²) in [5.74, 6) is -0.557. The second kappa shape index (κ2) is 10.7. The Bertz CT molecular complexity index is 1230. The van der Waals surface area contributed by atoms with Crippen LogP contribution in [0.4, 0.5) is 11.5 Å². The molecule has 1 heterocycles. The maximum atomic E-state index is 13.2. The molecule has 8 nitrogen and oxygen atoms in total. The molecule has 0 atom stereocenters. The molecule has 0 saturated carbocycles. The first-order valence-electron chi connectivity index (χ1n) is 9.81. The molecule has 3 rings (SSSR count). The molecule has 1 amide bonds. The molecule has 0 aliphatic heterocycles. The van der Waals surface area contributed by atoms with Gasteiger partial charge in [-0.05, 0) is 29.3 Å². The van der Waals surface area contributed by atoms with Crippen molar-refractivity contribution in [3.8, 4) is 0 Å². The summed E-state index contributed by atoms with van der Waals surface area (Å²) in [6.07, 6.45) is 3.02. The molecule has 32 heavy (non-hydrogen) atoms. The van der Waals surface area contributed by atoms with Crippen molar-refractivity contribution in [2.75, 3.05) is 24.4 Å². The van der Waals surface area contributed by atoms with Gasteiger partial charge >= 0.3 is 5.69 Å². The molecule has 0 aliphatic rings. The van der Waals surface area contributed by atoms with E-state index in [1.807, 2.05) is 54.6 Å². The van der Waals surface area contributed by atoms with Gasteiger partial charge in [-0.1, -0.05) is 58.4 Å². The quantitative estimate of drug-likeness (QED) is 0.464. The van der Waals surface area contributed by atoms with Crippen molar-refractivity contribution in [3.63, 3.8) is 0 Å². The molecule has 0 saturated heterocycles. The van der Waals surface area contributed by atoms with E-state index in [1.54, 1.807) is 6.08 Å². The van der Waals surface area contributed by atoms with Gasteiger partial charge in [0.2, 0.25) is 0 Å². The van der Waals surface area contributed by atoms with Gasteiger partial charge in [0, 0.05) is 17.7 Å². The standard InChI is InChI=1S/C23H23BrN4O4/c1-32-13-12-27-21(25)20(22(30)26-23(27)31)28(15-17-6-3-2-4-7-17)19(29)11-10-16-8-5-9-18(24)14-16/h2-11,14H,12-13,15,25H2,1H3,(H,26,30,31). The lowest BCUT2D eigenvalue weighted by Gasteiger charge is -2.23. The number of rotatable bonds is 8. The monoisotopic (exact) mass is 498 g/mol. The van der Waals surface area contributed by atoms with Crippen LogP contribution in [0.1, 0.15) is 11.1 Å². The first kappa shape index (κ1) is 23.2. The van der Waals surface area contributed by atoms with Crippen molar-refractivity contribution in [2.24, 2.45) is 0 Å². The zero-order valence-electron chi connectivity index (χ0n) is 17.5. The SMILES string of the molecule is COCCn1c(N)c(N(Cc2ccccc2)C(=O)C=Cc2cccc(Br)c2)c(=O)[nH]c1=O.